The summed E-state index contributed by atoms with van der Waals surface area (Å²) in [6.07, 6.45) is 0. The van der Waals surface area contributed by atoms with E-state index in [-0.39, 0.29) is 39.8 Å². The molecule has 1 heterocycles. The van der Waals surface area contributed by atoms with Crippen molar-refractivity contribution in [2.24, 2.45) is 0 Å². The third kappa shape index (κ3) is 4.13. The van der Waals surface area contributed by atoms with E-state index in [4.69, 9.17) is 19.9 Å². The van der Waals surface area contributed by atoms with E-state index in [2.05, 4.69) is 0 Å². The molecule has 0 unspecified atom stereocenters. The van der Waals surface area contributed by atoms with Gasteiger partial charge < -0.3 is 19.9 Å². The van der Waals surface area contributed by atoms with Gasteiger partial charge in [-0.1, -0.05) is 12.1 Å². The predicted octanol–water partition coefficient (Wildman–Crippen LogP) is 3.13. The number of nitriles is 1. The summed E-state index contributed by atoms with van der Waals surface area (Å²) in [6, 6.07) is 8.61. The second kappa shape index (κ2) is 8.87. The van der Waals surface area contributed by atoms with Gasteiger partial charge in [0.25, 0.3) is 0 Å². The molecule has 0 aliphatic heterocycles. The monoisotopic (exact) mass is 374 g/mol. The molecular formula is C18H18N2O5S. The summed E-state index contributed by atoms with van der Waals surface area (Å²) in [5, 5.41) is 9.46. The molecule has 0 bridgehead atoms. The Bertz CT molecular complexity index is 854. The lowest BCUT2D eigenvalue weighted by atomic mass is 10.1. The highest BCUT2D eigenvalue weighted by Crippen LogP contribution is 2.32. The maximum Gasteiger partial charge on any atom is 0.348 e. The minimum Gasteiger partial charge on any atom is -0.493 e. The number of rotatable bonds is 7. The van der Waals surface area contributed by atoms with Gasteiger partial charge in [-0.3, -0.25) is 0 Å². The van der Waals surface area contributed by atoms with Crippen molar-refractivity contribution >= 4 is 28.3 Å². The SMILES string of the molecule is CCOC(=O)c1sc(N)c(C#N)c1COC(=O)c1ccccc1OCC. The van der Waals surface area contributed by atoms with E-state index in [1.54, 1.807) is 38.1 Å². The van der Waals surface area contributed by atoms with Crippen molar-refractivity contribution in [3.05, 3.63) is 45.8 Å². The summed E-state index contributed by atoms with van der Waals surface area (Å²) in [4.78, 5) is 24.6. The smallest absolute Gasteiger partial charge is 0.348 e. The number of para-hydroxylation sites is 1. The molecule has 0 atom stereocenters. The highest BCUT2D eigenvalue weighted by atomic mass is 32.1. The molecule has 1 aromatic heterocycles. The molecule has 2 N–H and O–H groups in total. The van der Waals surface area contributed by atoms with E-state index >= 15 is 0 Å². The fourth-order valence-corrected chi connectivity index (χ4v) is 3.16. The molecule has 0 spiro atoms. The van der Waals surface area contributed by atoms with Gasteiger partial charge in [-0.25, -0.2) is 9.59 Å². The van der Waals surface area contributed by atoms with Crippen LogP contribution >= 0.6 is 11.3 Å². The van der Waals surface area contributed by atoms with E-state index < -0.39 is 11.9 Å². The summed E-state index contributed by atoms with van der Waals surface area (Å²) in [5.41, 5.74) is 6.41. The Morgan fingerprint density at radius 3 is 2.54 bits per heavy atom. The fraction of sp³-hybridized carbons (Fsp3) is 0.278. The third-order valence-electron chi connectivity index (χ3n) is 3.36. The number of carbonyl (C=O) groups is 2. The molecule has 0 saturated carbocycles. The first-order valence-electron chi connectivity index (χ1n) is 7.90. The van der Waals surface area contributed by atoms with E-state index in [1.807, 2.05) is 6.07 Å². The Kier molecular flexibility index (Phi) is 6.58. The van der Waals surface area contributed by atoms with Crippen LogP contribution in [0.4, 0.5) is 5.00 Å². The lowest BCUT2D eigenvalue weighted by Gasteiger charge is -2.10. The third-order valence-corrected chi connectivity index (χ3v) is 4.40. The highest BCUT2D eigenvalue weighted by Gasteiger charge is 2.24. The zero-order valence-corrected chi connectivity index (χ0v) is 15.2. The number of thiophene rings is 1. The second-order valence-corrected chi connectivity index (χ2v) is 6.04. The van der Waals surface area contributed by atoms with Crippen molar-refractivity contribution in [2.75, 3.05) is 18.9 Å². The van der Waals surface area contributed by atoms with Crippen LogP contribution in [0, 0.1) is 11.3 Å². The zero-order chi connectivity index (χ0) is 19.1. The van der Waals surface area contributed by atoms with Crippen LogP contribution in [-0.2, 0) is 16.1 Å². The Morgan fingerprint density at radius 1 is 1.15 bits per heavy atom. The van der Waals surface area contributed by atoms with Crippen LogP contribution < -0.4 is 10.5 Å². The maximum absolute atomic E-state index is 12.4. The average molecular weight is 374 g/mol. The van der Waals surface area contributed by atoms with E-state index in [1.165, 1.54) is 0 Å². The summed E-state index contributed by atoms with van der Waals surface area (Å²) in [7, 11) is 0. The van der Waals surface area contributed by atoms with Crippen LogP contribution in [0.1, 0.15) is 45.0 Å². The van der Waals surface area contributed by atoms with Gasteiger partial charge in [-0.05, 0) is 26.0 Å². The molecule has 2 aromatic rings. The van der Waals surface area contributed by atoms with Gasteiger partial charge >= 0.3 is 11.9 Å². The highest BCUT2D eigenvalue weighted by molar-refractivity contribution is 7.18. The number of nitrogens with zero attached hydrogens (tertiary/aromatic N) is 1. The Hall–Kier alpha value is -3.05. The molecule has 0 radical (unpaired) electrons. The maximum atomic E-state index is 12.4. The lowest BCUT2D eigenvalue weighted by Crippen LogP contribution is -2.11. The van der Waals surface area contributed by atoms with Crippen molar-refractivity contribution in [1.29, 1.82) is 5.26 Å². The van der Waals surface area contributed by atoms with Gasteiger partial charge in [0.2, 0.25) is 0 Å². The number of carbonyl (C=O) groups excluding carboxylic acids is 2. The minimum absolute atomic E-state index is 0.115. The largest absolute Gasteiger partial charge is 0.493 e. The number of hydrogen-bond acceptors (Lipinski definition) is 8. The van der Waals surface area contributed by atoms with Gasteiger partial charge in [0.15, 0.2) is 0 Å². The number of nitrogens with two attached hydrogens (primary N) is 1. The minimum atomic E-state index is -0.627. The normalized spacial score (nSPS) is 10.0. The van der Waals surface area contributed by atoms with Crippen molar-refractivity contribution in [2.45, 2.75) is 20.5 Å². The molecule has 0 amide bonds. The fourth-order valence-electron chi connectivity index (χ4n) is 2.24. The first-order chi connectivity index (χ1) is 12.5. The number of hydrogen-bond donors (Lipinski definition) is 1. The average Bonchev–Trinajstić information content (AvgIpc) is 2.96. The summed E-state index contributed by atoms with van der Waals surface area (Å²) < 4.78 is 15.7. The number of anilines is 1. The number of esters is 2. The van der Waals surface area contributed by atoms with E-state index in [0.29, 0.717) is 12.4 Å². The van der Waals surface area contributed by atoms with Crippen LogP contribution in [0.2, 0.25) is 0 Å². The van der Waals surface area contributed by atoms with E-state index in [9.17, 15) is 14.9 Å². The zero-order valence-electron chi connectivity index (χ0n) is 14.4. The van der Waals surface area contributed by atoms with Crippen molar-refractivity contribution in [1.82, 2.24) is 0 Å². The van der Waals surface area contributed by atoms with Crippen LogP contribution in [0.25, 0.3) is 0 Å². The van der Waals surface area contributed by atoms with Crippen molar-refractivity contribution < 1.29 is 23.8 Å². The topological polar surface area (TPSA) is 112 Å². The van der Waals surface area contributed by atoms with Gasteiger partial charge in [0.05, 0.1) is 18.8 Å². The first-order valence-corrected chi connectivity index (χ1v) is 8.72. The number of nitrogen functional groups attached to an aromatic ring is 1. The molecule has 8 heteroatoms. The first kappa shape index (κ1) is 19.3. The van der Waals surface area contributed by atoms with Gasteiger partial charge in [-0.2, -0.15) is 5.26 Å². The molecule has 0 aliphatic carbocycles. The molecule has 1 aromatic carbocycles. The van der Waals surface area contributed by atoms with Crippen LogP contribution in [0.3, 0.4) is 0 Å². The Labute approximate surface area is 154 Å². The van der Waals surface area contributed by atoms with Crippen molar-refractivity contribution in [3.8, 4) is 11.8 Å². The summed E-state index contributed by atoms with van der Waals surface area (Å²) >= 11 is 0.937. The number of benzene rings is 1. The molecule has 7 nitrogen and oxygen atoms in total. The van der Waals surface area contributed by atoms with E-state index in [0.717, 1.165) is 11.3 Å². The van der Waals surface area contributed by atoms with Crippen LogP contribution in [0.5, 0.6) is 5.75 Å². The van der Waals surface area contributed by atoms with Crippen molar-refractivity contribution in [3.63, 3.8) is 0 Å². The Morgan fingerprint density at radius 2 is 1.88 bits per heavy atom. The Balaban J connectivity index is 2.25. The summed E-state index contributed by atoms with van der Waals surface area (Å²) in [5.74, 6) is -0.833. The van der Waals surface area contributed by atoms with Gasteiger partial charge in [0, 0.05) is 5.56 Å². The standard InChI is InChI=1S/C18H18N2O5S/c1-3-23-14-8-6-5-7-11(14)17(21)25-10-13-12(9-19)16(20)26-15(13)18(22)24-4-2/h5-8H,3-4,10,20H2,1-2H3. The van der Waals surface area contributed by atoms with Gasteiger partial charge in [0.1, 0.15) is 33.9 Å². The molecule has 2 rings (SSSR count). The number of ether oxygens (including phenoxy) is 3. The van der Waals surface area contributed by atoms with Gasteiger partial charge in [-0.15, -0.1) is 11.3 Å². The summed E-state index contributed by atoms with van der Waals surface area (Å²) in [6.45, 7) is 3.78. The van der Waals surface area contributed by atoms with Crippen LogP contribution in [-0.4, -0.2) is 25.2 Å². The molecular weight excluding hydrogens is 356 g/mol. The predicted molar refractivity (Wildman–Crippen MR) is 96.1 cm³/mol. The molecule has 0 saturated heterocycles. The molecule has 0 aliphatic rings. The lowest BCUT2D eigenvalue weighted by molar-refractivity contribution is 0.0449. The quantitative estimate of drug-likeness (QED) is 0.741. The molecule has 136 valence electrons. The molecule has 26 heavy (non-hydrogen) atoms. The second-order valence-electron chi connectivity index (χ2n) is 4.99. The van der Waals surface area contributed by atoms with Crippen LogP contribution in [0.15, 0.2) is 24.3 Å². The molecule has 0 fully saturated rings.